The molecule has 2 aromatic carbocycles. The summed E-state index contributed by atoms with van der Waals surface area (Å²) in [6.45, 7) is 4.06. The van der Waals surface area contributed by atoms with Gasteiger partial charge < -0.3 is 35.6 Å². The molecule has 0 unspecified atom stereocenters. The Morgan fingerprint density at radius 1 is 1.10 bits per heavy atom. The van der Waals surface area contributed by atoms with E-state index < -0.39 is 24.0 Å². The second-order valence-electron chi connectivity index (χ2n) is 11.5. The topological polar surface area (TPSA) is 123 Å². The quantitative estimate of drug-likeness (QED) is 0.380. The smallest absolute Gasteiger partial charge is 0.321 e. The molecule has 2 aromatic rings. The van der Waals surface area contributed by atoms with Gasteiger partial charge in [0.15, 0.2) is 0 Å². The van der Waals surface area contributed by atoms with Crippen LogP contribution in [0.15, 0.2) is 42.5 Å². The number of benzene rings is 2. The molecule has 0 saturated heterocycles. The maximum atomic E-state index is 13.4. The molecule has 4 N–H and O–H groups in total. The molecule has 10 nitrogen and oxygen atoms in total. The summed E-state index contributed by atoms with van der Waals surface area (Å²) in [5.41, 5.74) is 1.60. The number of amides is 5. The van der Waals surface area contributed by atoms with Crippen molar-refractivity contribution in [2.75, 3.05) is 37.4 Å². The molecule has 0 radical (unpaired) electrons. The molecule has 1 aliphatic carbocycles. The lowest BCUT2D eigenvalue weighted by atomic mass is 9.96. The lowest BCUT2D eigenvalue weighted by Crippen LogP contribution is -2.48. The molecule has 3 atom stereocenters. The molecule has 1 aliphatic heterocycles. The fourth-order valence-electron chi connectivity index (χ4n) is 5.43. The van der Waals surface area contributed by atoms with Gasteiger partial charge in [-0.1, -0.05) is 26.2 Å². The van der Waals surface area contributed by atoms with E-state index in [1.165, 1.54) is 35.6 Å². The molecular weight excluding hydrogens is 541 g/mol. The fraction of sp³-hybridized carbons (Fsp3) is 0.516. The number of aliphatic hydroxyl groups is 1. The highest BCUT2D eigenvalue weighted by Gasteiger charge is 2.32. The van der Waals surface area contributed by atoms with Gasteiger partial charge in [0, 0.05) is 42.5 Å². The van der Waals surface area contributed by atoms with Gasteiger partial charge in [0.1, 0.15) is 17.7 Å². The van der Waals surface area contributed by atoms with Crippen molar-refractivity contribution in [3.05, 3.63) is 53.8 Å². The summed E-state index contributed by atoms with van der Waals surface area (Å²) in [5.74, 6) is -0.273. The highest BCUT2D eigenvalue weighted by molar-refractivity contribution is 5.90. The van der Waals surface area contributed by atoms with Gasteiger partial charge >= 0.3 is 12.1 Å². The van der Waals surface area contributed by atoms with E-state index in [9.17, 15) is 23.9 Å². The van der Waals surface area contributed by atoms with Gasteiger partial charge in [-0.05, 0) is 62.2 Å². The predicted molar refractivity (Wildman–Crippen MR) is 159 cm³/mol. The number of urea groups is 2. The van der Waals surface area contributed by atoms with Crippen LogP contribution in [0.2, 0.25) is 0 Å². The van der Waals surface area contributed by atoms with Crippen LogP contribution in [0.5, 0.6) is 5.75 Å². The number of carbonyl (C=O) groups excluding carboxylic acids is 3. The Labute approximate surface area is 246 Å². The minimum absolute atomic E-state index is 0.0275. The first-order chi connectivity index (χ1) is 20.1. The number of carbonyl (C=O) groups is 3. The number of ether oxygens (including phenoxy) is 1. The average Bonchev–Trinajstić information content (AvgIpc) is 3.01. The largest absolute Gasteiger partial charge is 0.488 e. The van der Waals surface area contributed by atoms with Crippen molar-refractivity contribution in [2.24, 2.45) is 5.92 Å². The number of hydrogen-bond donors (Lipinski definition) is 4. The van der Waals surface area contributed by atoms with Crippen LogP contribution in [0, 0.1) is 11.7 Å². The van der Waals surface area contributed by atoms with Crippen LogP contribution in [-0.4, -0.2) is 77.8 Å². The first kappa shape index (κ1) is 31.1. The van der Waals surface area contributed by atoms with E-state index >= 15 is 0 Å². The molecule has 4 rings (SSSR count). The van der Waals surface area contributed by atoms with Crippen LogP contribution >= 0.6 is 0 Å². The van der Waals surface area contributed by atoms with E-state index in [4.69, 9.17) is 4.74 Å². The second-order valence-corrected chi connectivity index (χ2v) is 11.5. The lowest BCUT2D eigenvalue weighted by molar-refractivity contribution is -0.134. The summed E-state index contributed by atoms with van der Waals surface area (Å²) in [5, 5.41) is 18.6. The maximum Gasteiger partial charge on any atom is 0.321 e. The summed E-state index contributed by atoms with van der Waals surface area (Å²) in [7, 11) is 1.64. The number of anilines is 2. The van der Waals surface area contributed by atoms with Crippen LogP contribution in [0.3, 0.4) is 0 Å². The third kappa shape index (κ3) is 8.34. The van der Waals surface area contributed by atoms with Crippen molar-refractivity contribution in [1.29, 1.82) is 0 Å². The monoisotopic (exact) mass is 583 g/mol. The lowest BCUT2D eigenvalue weighted by Gasteiger charge is -2.34. The molecule has 1 saturated carbocycles. The van der Waals surface area contributed by atoms with Gasteiger partial charge in [-0.2, -0.15) is 0 Å². The number of fused-ring (bicyclic) bond motifs is 1. The van der Waals surface area contributed by atoms with E-state index in [-0.39, 0.29) is 43.5 Å². The van der Waals surface area contributed by atoms with E-state index in [1.807, 2.05) is 6.92 Å². The fourth-order valence-corrected chi connectivity index (χ4v) is 5.43. The first-order valence-corrected chi connectivity index (χ1v) is 14.7. The standard InChI is InChI=1S/C31H42FN5O5/c1-20-17-37(21(2)19-38)29(39)16-22-15-26(34-30(40)33-24-7-5-4-6-8-24)13-14-27(22)42-28(20)18-36(3)31(41)35-25-11-9-23(32)10-12-25/h9-15,20-21,24,28,38H,4-8,16-19H2,1-3H3,(H,35,41)(H2,33,34,40)/t20-,21+,28+/m0/s1. The molecule has 11 heteroatoms. The molecule has 1 heterocycles. The van der Waals surface area contributed by atoms with Gasteiger partial charge in [-0.25, -0.2) is 14.0 Å². The van der Waals surface area contributed by atoms with E-state index in [0.717, 1.165) is 25.7 Å². The highest BCUT2D eigenvalue weighted by Crippen LogP contribution is 2.29. The number of likely N-dealkylation sites (N-methyl/N-ethyl adjacent to an activating group) is 1. The Morgan fingerprint density at radius 2 is 1.79 bits per heavy atom. The number of hydrogen-bond acceptors (Lipinski definition) is 5. The van der Waals surface area contributed by atoms with E-state index in [2.05, 4.69) is 16.0 Å². The summed E-state index contributed by atoms with van der Waals surface area (Å²) in [4.78, 5) is 42.2. The summed E-state index contributed by atoms with van der Waals surface area (Å²) in [6.07, 6.45) is 4.87. The van der Waals surface area contributed by atoms with Crippen molar-refractivity contribution in [3.8, 4) is 5.75 Å². The van der Waals surface area contributed by atoms with Crippen molar-refractivity contribution >= 4 is 29.3 Å². The SMILES string of the molecule is C[C@H](CO)N1C[C@H](C)[C@@H](CN(C)C(=O)Nc2ccc(F)cc2)Oc2ccc(NC(=O)NC3CCCCC3)cc2CC1=O. The van der Waals surface area contributed by atoms with Gasteiger partial charge in [0.2, 0.25) is 5.91 Å². The van der Waals surface area contributed by atoms with Crippen LogP contribution in [0.1, 0.15) is 51.5 Å². The zero-order chi connectivity index (χ0) is 30.2. The van der Waals surface area contributed by atoms with Gasteiger partial charge in [-0.3, -0.25) is 4.79 Å². The predicted octanol–water partition coefficient (Wildman–Crippen LogP) is 4.59. The normalized spacial score (nSPS) is 20.2. The molecule has 0 spiro atoms. The number of nitrogens with zero attached hydrogens (tertiary/aromatic N) is 2. The Bertz CT molecular complexity index is 1240. The third-order valence-electron chi connectivity index (χ3n) is 8.01. The first-order valence-electron chi connectivity index (χ1n) is 14.7. The third-order valence-corrected chi connectivity index (χ3v) is 8.01. The summed E-state index contributed by atoms with van der Waals surface area (Å²) in [6, 6.07) is 9.80. The number of nitrogens with one attached hydrogen (secondary N) is 3. The number of halogens is 1. The Kier molecular flexibility index (Phi) is 10.6. The Morgan fingerprint density at radius 3 is 2.48 bits per heavy atom. The van der Waals surface area contributed by atoms with Crippen LogP contribution in [0.4, 0.5) is 25.4 Å². The molecule has 0 aromatic heterocycles. The van der Waals surface area contributed by atoms with Crippen LogP contribution in [-0.2, 0) is 11.2 Å². The van der Waals surface area contributed by atoms with Gasteiger partial charge in [0.25, 0.3) is 0 Å². The molecule has 2 aliphatic rings. The average molecular weight is 584 g/mol. The van der Waals surface area contributed by atoms with Crippen LogP contribution in [0.25, 0.3) is 0 Å². The van der Waals surface area contributed by atoms with Crippen molar-refractivity contribution in [3.63, 3.8) is 0 Å². The van der Waals surface area contributed by atoms with Gasteiger partial charge in [-0.15, -0.1) is 0 Å². The van der Waals surface area contributed by atoms with Crippen molar-refractivity contribution < 1.29 is 28.6 Å². The molecule has 0 bridgehead atoms. The second kappa shape index (κ2) is 14.4. The van der Waals surface area contributed by atoms with E-state index in [1.54, 1.807) is 37.1 Å². The molecule has 228 valence electrons. The Balaban J connectivity index is 1.53. The summed E-state index contributed by atoms with van der Waals surface area (Å²) < 4.78 is 19.7. The Hall–Kier alpha value is -3.86. The van der Waals surface area contributed by atoms with Crippen LogP contribution < -0.4 is 20.7 Å². The molecular formula is C31H42FN5O5. The molecule has 42 heavy (non-hydrogen) atoms. The zero-order valence-electron chi connectivity index (χ0n) is 24.6. The number of aliphatic hydroxyl groups excluding tert-OH is 1. The minimum atomic E-state index is -0.500. The van der Waals surface area contributed by atoms with Crippen molar-refractivity contribution in [2.45, 2.75) is 70.6 Å². The van der Waals surface area contributed by atoms with E-state index in [0.29, 0.717) is 29.2 Å². The number of rotatable bonds is 7. The van der Waals surface area contributed by atoms with Gasteiger partial charge in [0.05, 0.1) is 25.6 Å². The molecule has 1 fully saturated rings. The highest BCUT2D eigenvalue weighted by atomic mass is 19.1. The van der Waals surface area contributed by atoms with Crippen molar-refractivity contribution in [1.82, 2.24) is 15.1 Å². The maximum absolute atomic E-state index is 13.4. The minimum Gasteiger partial charge on any atom is -0.488 e. The molecule has 5 amide bonds. The summed E-state index contributed by atoms with van der Waals surface area (Å²) >= 11 is 0. The zero-order valence-corrected chi connectivity index (χ0v) is 24.6.